The Hall–Kier alpha value is -2.44. The van der Waals surface area contributed by atoms with Crippen molar-refractivity contribution in [2.75, 3.05) is 32.8 Å². The van der Waals surface area contributed by atoms with Gasteiger partial charge in [-0.05, 0) is 60.4 Å². The Labute approximate surface area is 201 Å². The Bertz CT molecular complexity index is 1050. The summed E-state index contributed by atoms with van der Waals surface area (Å²) in [5, 5.41) is 9.31. The van der Waals surface area contributed by atoms with Crippen LogP contribution in [0.2, 0.25) is 0 Å². The maximum absolute atomic E-state index is 13.8. The van der Waals surface area contributed by atoms with Crippen molar-refractivity contribution in [3.8, 4) is 0 Å². The van der Waals surface area contributed by atoms with Gasteiger partial charge in [-0.25, -0.2) is 9.38 Å². The van der Waals surface area contributed by atoms with Crippen LogP contribution in [0.1, 0.15) is 54.8 Å². The van der Waals surface area contributed by atoms with Gasteiger partial charge < -0.3 is 14.7 Å². The average Bonchev–Trinajstić information content (AvgIpc) is 3.40. The van der Waals surface area contributed by atoms with Crippen LogP contribution in [0.3, 0.4) is 0 Å². The Balaban J connectivity index is 1.34. The van der Waals surface area contributed by atoms with Gasteiger partial charge in [-0.15, -0.1) is 0 Å². The molecule has 1 spiro atoms. The summed E-state index contributed by atoms with van der Waals surface area (Å²) in [6.45, 7) is 3.84. The predicted octanol–water partition coefficient (Wildman–Crippen LogP) is 4.16. The van der Waals surface area contributed by atoms with E-state index in [2.05, 4.69) is 34.1 Å². The van der Waals surface area contributed by atoms with Crippen molar-refractivity contribution in [3.05, 3.63) is 71.0 Å². The molecule has 4 aliphatic rings. The van der Waals surface area contributed by atoms with E-state index in [1.807, 2.05) is 12.1 Å². The zero-order valence-corrected chi connectivity index (χ0v) is 19.7. The molecular weight excluding hydrogens is 429 g/mol. The highest BCUT2D eigenvalue weighted by molar-refractivity contribution is 5.78. The molecule has 34 heavy (non-hydrogen) atoms. The van der Waals surface area contributed by atoms with E-state index >= 15 is 0 Å². The quantitative estimate of drug-likeness (QED) is 0.724. The second-order valence-electron chi connectivity index (χ2n) is 10.4. The minimum atomic E-state index is -0.264. The summed E-state index contributed by atoms with van der Waals surface area (Å²) < 4.78 is 20.7. The molecule has 0 bridgehead atoms. The molecular formula is C28H34FN3O2. The van der Waals surface area contributed by atoms with Gasteiger partial charge >= 0.3 is 0 Å². The molecule has 1 N–H and O–H groups in total. The fourth-order valence-electron chi connectivity index (χ4n) is 6.40. The van der Waals surface area contributed by atoms with Crippen molar-refractivity contribution in [2.45, 2.75) is 56.2 Å². The van der Waals surface area contributed by atoms with E-state index in [4.69, 9.17) is 9.73 Å². The first kappa shape index (κ1) is 22.1. The van der Waals surface area contributed by atoms with Crippen LogP contribution in [-0.2, 0) is 11.2 Å². The molecule has 6 heteroatoms. The highest BCUT2D eigenvalue weighted by Gasteiger charge is 2.56. The number of benzene rings is 2. The number of halogens is 1. The molecule has 3 aliphatic heterocycles. The molecule has 3 heterocycles. The van der Waals surface area contributed by atoms with Crippen LogP contribution in [0.15, 0.2) is 53.5 Å². The Morgan fingerprint density at radius 2 is 1.91 bits per heavy atom. The molecule has 3 atom stereocenters. The molecule has 2 aromatic rings. The largest absolute Gasteiger partial charge is 0.455 e. The van der Waals surface area contributed by atoms with Gasteiger partial charge in [0.05, 0.1) is 12.1 Å². The molecule has 2 fully saturated rings. The zero-order chi connectivity index (χ0) is 23.1. The Morgan fingerprint density at radius 3 is 2.68 bits per heavy atom. The molecule has 1 saturated carbocycles. The standard InChI is InChI=1S/C28H34FN3O2/c29-23-11-9-21(10-12-23)25-24-8-2-1-5-20(24)13-16-32(25)27-30-26(22-6-3-7-22)28(34-27)14-17-31(19-28)15-4-18-33/h1-2,5,8-12,22,25-26,33H,3-4,6-7,13-19H2/t25-,26?,28-/m0/s1. The third kappa shape index (κ3) is 3.81. The number of ether oxygens (including phenoxy) is 1. The lowest BCUT2D eigenvalue weighted by molar-refractivity contribution is 0.0162. The fourth-order valence-corrected chi connectivity index (χ4v) is 6.40. The summed E-state index contributed by atoms with van der Waals surface area (Å²) in [6.07, 6.45) is 6.47. The number of hydrogen-bond donors (Lipinski definition) is 1. The topological polar surface area (TPSA) is 48.3 Å². The van der Waals surface area contributed by atoms with Crippen LogP contribution in [0.25, 0.3) is 0 Å². The average molecular weight is 464 g/mol. The Morgan fingerprint density at radius 1 is 1.09 bits per heavy atom. The molecule has 180 valence electrons. The lowest BCUT2D eigenvalue weighted by atomic mass is 9.73. The van der Waals surface area contributed by atoms with E-state index in [1.165, 1.54) is 30.4 Å². The van der Waals surface area contributed by atoms with Crippen molar-refractivity contribution in [1.82, 2.24) is 9.80 Å². The predicted molar refractivity (Wildman–Crippen MR) is 130 cm³/mol. The molecule has 1 unspecified atom stereocenters. The zero-order valence-electron chi connectivity index (χ0n) is 19.7. The summed E-state index contributed by atoms with van der Waals surface area (Å²) in [5.74, 6) is 0.378. The van der Waals surface area contributed by atoms with E-state index in [-0.39, 0.29) is 30.1 Å². The number of fused-ring (bicyclic) bond motifs is 1. The number of hydrogen-bond acceptors (Lipinski definition) is 5. The number of likely N-dealkylation sites (tertiary alicyclic amines) is 1. The van der Waals surface area contributed by atoms with Crippen LogP contribution in [0.4, 0.5) is 4.39 Å². The summed E-state index contributed by atoms with van der Waals surface area (Å²) >= 11 is 0. The van der Waals surface area contributed by atoms with E-state index in [0.717, 1.165) is 57.0 Å². The van der Waals surface area contributed by atoms with Gasteiger partial charge in [0.2, 0.25) is 0 Å². The van der Waals surface area contributed by atoms with E-state index < -0.39 is 0 Å². The van der Waals surface area contributed by atoms with Crippen molar-refractivity contribution in [2.24, 2.45) is 10.9 Å². The molecule has 0 amide bonds. The molecule has 5 nitrogen and oxygen atoms in total. The summed E-state index contributed by atoms with van der Waals surface area (Å²) in [4.78, 5) is 10.1. The smallest absolute Gasteiger partial charge is 0.289 e. The summed E-state index contributed by atoms with van der Waals surface area (Å²) in [5.41, 5.74) is 3.40. The maximum Gasteiger partial charge on any atom is 0.289 e. The number of aliphatic hydroxyl groups is 1. The van der Waals surface area contributed by atoms with Crippen LogP contribution < -0.4 is 0 Å². The Kier molecular flexibility index (Phi) is 5.82. The van der Waals surface area contributed by atoms with E-state index in [0.29, 0.717) is 5.92 Å². The molecule has 1 aliphatic carbocycles. The highest BCUT2D eigenvalue weighted by atomic mass is 19.1. The van der Waals surface area contributed by atoms with Crippen LogP contribution in [0.5, 0.6) is 0 Å². The van der Waals surface area contributed by atoms with Crippen LogP contribution in [-0.4, -0.2) is 65.4 Å². The molecule has 0 radical (unpaired) electrons. The first-order valence-electron chi connectivity index (χ1n) is 12.9. The van der Waals surface area contributed by atoms with Crippen molar-refractivity contribution < 1.29 is 14.2 Å². The number of rotatable bonds is 5. The number of aliphatic hydroxyl groups excluding tert-OH is 1. The van der Waals surface area contributed by atoms with Crippen LogP contribution in [0, 0.1) is 11.7 Å². The monoisotopic (exact) mass is 463 g/mol. The second kappa shape index (κ2) is 8.97. The molecule has 6 rings (SSSR count). The van der Waals surface area contributed by atoms with Crippen molar-refractivity contribution >= 4 is 6.02 Å². The van der Waals surface area contributed by atoms with E-state index in [1.54, 1.807) is 12.1 Å². The first-order chi connectivity index (χ1) is 16.7. The number of nitrogens with zero attached hydrogens (tertiary/aromatic N) is 3. The molecule has 0 aromatic heterocycles. The van der Waals surface area contributed by atoms with Crippen molar-refractivity contribution in [3.63, 3.8) is 0 Å². The third-order valence-corrected chi connectivity index (χ3v) is 8.37. The second-order valence-corrected chi connectivity index (χ2v) is 10.4. The fraction of sp³-hybridized carbons (Fsp3) is 0.536. The number of aliphatic imine (C=N–C) groups is 1. The lowest BCUT2D eigenvalue weighted by Crippen LogP contribution is -2.49. The van der Waals surface area contributed by atoms with Gasteiger partial charge in [0, 0.05) is 39.2 Å². The van der Waals surface area contributed by atoms with Crippen LogP contribution >= 0.6 is 0 Å². The lowest BCUT2D eigenvalue weighted by Gasteiger charge is -2.40. The highest BCUT2D eigenvalue weighted by Crippen LogP contribution is 2.47. The maximum atomic E-state index is 13.8. The summed E-state index contributed by atoms with van der Waals surface area (Å²) in [6, 6.07) is 16.4. The van der Waals surface area contributed by atoms with Gasteiger partial charge in [0.15, 0.2) is 0 Å². The minimum Gasteiger partial charge on any atom is -0.455 e. The number of amidine groups is 1. The third-order valence-electron chi connectivity index (χ3n) is 8.37. The van der Waals surface area contributed by atoms with Gasteiger partial charge in [-0.3, -0.25) is 4.90 Å². The molecule has 2 aromatic carbocycles. The van der Waals surface area contributed by atoms with Gasteiger partial charge in [0.1, 0.15) is 11.4 Å². The normalized spacial score (nSPS) is 29.1. The summed E-state index contributed by atoms with van der Waals surface area (Å²) in [7, 11) is 0. The van der Waals surface area contributed by atoms with E-state index in [9.17, 15) is 9.50 Å². The van der Waals surface area contributed by atoms with Crippen molar-refractivity contribution in [1.29, 1.82) is 0 Å². The van der Waals surface area contributed by atoms with Gasteiger partial charge in [-0.1, -0.05) is 42.8 Å². The SMILES string of the molecule is OCCCN1CC[C@@]2(C1)OC(N1CCc3ccccc3[C@@H]1c1ccc(F)cc1)=NC2C1CCC1. The van der Waals surface area contributed by atoms with Gasteiger partial charge in [0.25, 0.3) is 6.02 Å². The first-order valence-corrected chi connectivity index (χ1v) is 12.9. The van der Waals surface area contributed by atoms with Gasteiger partial charge in [-0.2, -0.15) is 0 Å². The minimum absolute atomic E-state index is 0.0339. The molecule has 1 saturated heterocycles.